The predicted octanol–water partition coefficient (Wildman–Crippen LogP) is 7.58. The van der Waals surface area contributed by atoms with Crippen LogP contribution in [-0.4, -0.2) is 0 Å². The third-order valence-electron chi connectivity index (χ3n) is 7.66. The number of hydrogen-bond donors (Lipinski definition) is 0. The zero-order valence-electron chi connectivity index (χ0n) is 22.4. The Morgan fingerprint density at radius 1 is 0.477 bits per heavy atom. The second-order valence-corrected chi connectivity index (χ2v) is 9.77. The van der Waals surface area contributed by atoms with Gasteiger partial charge in [-0.15, -0.1) is 0 Å². The average Bonchev–Trinajstić information content (AvgIpc) is 3.56. The molecular weight excluding hydrogens is 554 g/mol. The van der Waals surface area contributed by atoms with Crippen LogP contribution >= 0.6 is 0 Å². The van der Waals surface area contributed by atoms with Crippen LogP contribution in [0.15, 0.2) is 83.9 Å². The average molecular weight is 567 g/mol. The van der Waals surface area contributed by atoms with Gasteiger partial charge >= 0.3 is 0 Å². The molecule has 44 heavy (non-hydrogen) atoms. The number of rotatable bonds is 2. The second-order valence-electron chi connectivity index (χ2n) is 9.77. The van der Waals surface area contributed by atoms with Gasteiger partial charge in [-0.1, -0.05) is 48.5 Å². The van der Waals surface area contributed by atoms with E-state index in [9.17, 15) is 40.4 Å². The summed E-state index contributed by atoms with van der Waals surface area (Å²) in [6.45, 7) is 0. The van der Waals surface area contributed by atoms with Crippen molar-refractivity contribution in [3.8, 4) is 58.7 Å². The molecule has 6 rings (SSSR count). The topological polar surface area (TPSA) is 143 Å². The van der Waals surface area contributed by atoms with Crippen molar-refractivity contribution >= 4 is 22.3 Å². The summed E-state index contributed by atoms with van der Waals surface area (Å²) in [7, 11) is 0. The van der Waals surface area contributed by atoms with Gasteiger partial charge in [0.2, 0.25) is 0 Å². The predicted molar refractivity (Wildman–Crippen MR) is 156 cm³/mol. The number of nitrogens with zero attached hydrogens (tertiary/aromatic N) is 6. The second kappa shape index (κ2) is 10.4. The van der Waals surface area contributed by atoms with Gasteiger partial charge in [-0.25, -0.2) is 8.78 Å². The molecule has 2 aliphatic rings. The van der Waals surface area contributed by atoms with Crippen molar-refractivity contribution < 1.29 is 8.78 Å². The molecule has 0 aromatic heterocycles. The molecule has 200 valence electrons. The Bertz CT molecular complexity index is 2170. The monoisotopic (exact) mass is 566 g/mol. The Labute approximate surface area is 250 Å². The standard InChI is InChI=1S/C36H12F2N6/c37-29-9-7-19(11-21(29)13-39)25-3-1-5-27-31(23(15-41)16-42)35-34-26(20-8-10-30(38)22(12-20)14-40)4-2-6-28(34)32(24(17-43)18-44)36(35)33(25)27/h1-12H. The van der Waals surface area contributed by atoms with Crippen LogP contribution in [-0.2, 0) is 0 Å². The summed E-state index contributed by atoms with van der Waals surface area (Å²) in [5.41, 5.74) is 4.45. The maximum absolute atomic E-state index is 14.3. The van der Waals surface area contributed by atoms with Crippen LogP contribution in [0, 0.1) is 79.6 Å². The Hall–Kier alpha value is -7.10. The van der Waals surface area contributed by atoms with Gasteiger partial charge < -0.3 is 0 Å². The van der Waals surface area contributed by atoms with Crippen molar-refractivity contribution in [1.82, 2.24) is 0 Å². The number of nitriles is 6. The Morgan fingerprint density at radius 2 is 0.841 bits per heavy atom. The van der Waals surface area contributed by atoms with Gasteiger partial charge in [-0.3, -0.25) is 0 Å². The SMILES string of the molecule is N#CC(C#N)=C1C2=C(C(=C(C#N)C#N)c3cccc(-c4ccc(F)c(C#N)c4)c32)c2c1cccc2-c1ccc(F)c(C#N)c1. The zero-order valence-corrected chi connectivity index (χ0v) is 22.4. The highest BCUT2D eigenvalue weighted by Crippen LogP contribution is 2.62. The summed E-state index contributed by atoms with van der Waals surface area (Å²) >= 11 is 0. The first-order chi connectivity index (χ1) is 21.4. The number of fused-ring (bicyclic) bond motifs is 4. The summed E-state index contributed by atoms with van der Waals surface area (Å²) < 4.78 is 28.6. The fourth-order valence-corrected chi connectivity index (χ4v) is 5.91. The Balaban J connectivity index is 1.82. The fraction of sp³-hybridized carbons (Fsp3) is 0. The summed E-state index contributed by atoms with van der Waals surface area (Å²) in [5, 5.41) is 59.4. The molecule has 6 nitrogen and oxygen atoms in total. The van der Waals surface area contributed by atoms with Crippen LogP contribution in [0.3, 0.4) is 0 Å². The molecule has 0 bridgehead atoms. The molecule has 0 amide bonds. The third-order valence-corrected chi connectivity index (χ3v) is 7.66. The Morgan fingerprint density at radius 3 is 1.18 bits per heavy atom. The van der Waals surface area contributed by atoms with Crippen molar-refractivity contribution in [2.24, 2.45) is 0 Å². The van der Waals surface area contributed by atoms with E-state index >= 15 is 0 Å². The molecule has 0 spiro atoms. The largest absolute Gasteiger partial charge is 0.206 e. The van der Waals surface area contributed by atoms with Crippen LogP contribution in [0.25, 0.3) is 44.5 Å². The lowest BCUT2D eigenvalue weighted by Crippen LogP contribution is -1.99. The first-order valence-corrected chi connectivity index (χ1v) is 12.9. The molecule has 8 heteroatoms. The molecule has 0 saturated heterocycles. The zero-order chi connectivity index (χ0) is 31.1. The fourth-order valence-electron chi connectivity index (χ4n) is 5.91. The summed E-state index contributed by atoms with van der Waals surface area (Å²) in [6, 6.07) is 29.9. The molecule has 2 aliphatic carbocycles. The van der Waals surface area contributed by atoms with Gasteiger partial charge in [0.25, 0.3) is 0 Å². The van der Waals surface area contributed by atoms with E-state index in [-0.39, 0.29) is 33.4 Å². The minimum absolute atomic E-state index is 0.190. The van der Waals surface area contributed by atoms with Crippen LogP contribution in [0.1, 0.15) is 33.4 Å². The van der Waals surface area contributed by atoms with Gasteiger partial charge in [0.15, 0.2) is 0 Å². The minimum atomic E-state index is -0.702. The lowest BCUT2D eigenvalue weighted by molar-refractivity contribution is 0.623. The van der Waals surface area contributed by atoms with E-state index < -0.39 is 11.6 Å². The van der Waals surface area contributed by atoms with Crippen molar-refractivity contribution in [3.05, 3.63) is 129 Å². The number of allylic oxidation sites excluding steroid dienone is 6. The highest BCUT2D eigenvalue weighted by Gasteiger charge is 2.42. The molecule has 0 saturated carbocycles. The highest BCUT2D eigenvalue weighted by atomic mass is 19.1. The van der Waals surface area contributed by atoms with E-state index in [1.54, 1.807) is 36.4 Å². The molecule has 0 heterocycles. The molecule has 4 aromatic carbocycles. The van der Waals surface area contributed by atoms with E-state index in [1.807, 2.05) is 36.4 Å². The molecule has 0 N–H and O–H groups in total. The lowest BCUT2D eigenvalue weighted by Gasteiger charge is -2.17. The molecule has 0 fully saturated rings. The van der Waals surface area contributed by atoms with Gasteiger partial charge in [0.05, 0.1) is 11.1 Å². The van der Waals surface area contributed by atoms with Crippen LogP contribution in [0.4, 0.5) is 8.78 Å². The maximum atomic E-state index is 14.3. The first-order valence-electron chi connectivity index (χ1n) is 12.9. The van der Waals surface area contributed by atoms with Gasteiger partial charge in [0, 0.05) is 22.3 Å². The number of benzene rings is 4. The first kappa shape index (κ1) is 27.1. The van der Waals surface area contributed by atoms with Gasteiger partial charge in [0.1, 0.15) is 59.2 Å². The number of halogens is 2. The van der Waals surface area contributed by atoms with E-state index in [0.717, 1.165) is 0 Å². The normalized spacial score (nSPS) is 12.0. The highest BCUT2D eigenvalue weighted by molar-refractivity contribution is 6.39. The van der Waals surface area contributed by atoms with Crippen molar-refractivity contribution in [2.75, 3.05) is 0 Å². The minimum Gasteiger partial charge on any atom is -0.206 e. The van der Waals surface area contributed by atoms with Crippen LogP contribution in [0.2, 0.25) is 0 Å². The van der Waals surface area contributed by atoms with Gasteiger partial charge in [-0.2, -0.15) is 31.6 Å². The van der Waals surface area contributed by atoms with E-state index in [2.05, 4.69) is 0 Å². The molecule has 0 atom stereocenters. The molecular formula is C36H12F2N6. The van der Waals surface area contributed by atoms with Crippen molar-refractivity contribution in [1.29, 1.82) is 31.6 Å². The van der Waals surface area contributed by atoms with Crippen molar-refractivity contribution in [2.45, 2.75) is 0 Å². The smallest absolute Gasteiger partial charge is 0.140 e. The van der Waals surface area contributed by atoms with E-state index in [0.29, 0.717) is 55.7 Å². The van der Waals surface area contributed by atoms with E-state index in [4.69, 9.17) is 0 Å². The van der Waals surface area contributed by atoms with Crippen LogP contribution < -0.4 is 0 Å². The molecule has 0 unspecified atom stereocenters. The quantitative estimate of drug-likeness (QED) is 0.229. The Kier molecular flexibility index (Phi) is 6.39. The molecule has 4 aromatic rings. The van der Waals surface area contributed by atoms with E-state index in [1.165, 1.54) is 36.4 Å². The van der Waals surface area contributed by atoms with Crippen LogP contribution in [0.5, 0.6) is 0 Å². The van der Waals surface area contributed by atoms with Crippen molar-refractivity contribution in [3.63, 3.8) is 0 Å². The summed E-state index contributed by atoms with van der Waals surface area (Å²) in [6.07, 6.45) is 0. The number of hydrogen-bond acceptors (Lipinski definition) is 6. The summed E-state index contributed by atoms with van der Waals surface area (Å²) in [5.74, 6) is -1.40. The molecule has 0 aliphatic heterocycles. The summed E-state index contributed by atoms with van der Waals surface area (Å²) in [4.78, 5) is 0. The maximum Gasteiger partial charge on any atom is 0.140 e. The van der Waals surface area contributed by atoms with Gasteiger partial charge in [-0.05, 0) is 68.8 Å². The molecule has 0 radical (unpaired) electrons. The third kappa shape index (κ3) is 3.79. The lowest BCUT2D eigenvalue weighted by atomic mass is 9.84.